The van der Waals surface area contributed by atoms with Crippen LogP contribution in [0.4, 0.5) is 0 Å². The highest BCUT2D eigenvalue weighted by Crippen LogP contribution is 2.48. The van der Waals surface area contributed by atoms with E-state index >= 15 is 0 Å². The molecule has 0 saturated carbocycles. The Bertz CT molecular complexity index is 514. The summed E-state index contributed by atoms with van der Waals surface area (Å²) in [6.45, 7) is 3.25. The molecule has 0 aromatic rings. The number of amides is 1. The maximum absolute atomic E-state index is 12.0. The number of sulfonamides is 1. The Labute approximate surface area is 126 Å². The largest absolute Gasteiger partial charge is 0.394 e. The van der Waals surface area contributed by atoms with Gasteiger partial charge in [0.2, 0.25) is 15.9 Å². The zero-order valence-electron chi connectivity index (χ0n) is 12.7. The summed E-state index contributed by atoms with van der Waals surface area (Å²) in [7, 11) is -3.36. The van der Waals surface area contributed by atoms with Gasteiger partial charge < -0.3 is 15.7 Å². The third kappa shape index (κ3) is 3.08. The van der Waals surface area contributed by atoms with Crippen molar-refractivity contribution in [2.45, 2.75) is 31.7 Å². The van der Waals surface area contributed by atoms with Crippen molar-refractivity contribution in [2.24, 2.45) is 11.1 Å². The average molecular weight is 319 g/mol. The van der Waals surface area contributed by atoms with E-state index in [1.807, 2.05) is 0 Å². The maximum atomic E-state index is 12.0. The average Bonchev–Trinajstić information content (AvgIpc) is 2.73. The number of nitrogens with zero attached hydrogens (tertiary/aromatic N) is 2. The van der Waals surface area contributed by atoms with E-state index < -0.39 is 15.6 Å². The van der Waals surface area contributed by atoms with Crippen LogP contribution in [-0.2, 0) is 14.8 Å². The molecule has 0 radical (unpaired) electrons. The van der Waals surface area contributed by atoms with Gasteiger partial charge in [0.1, 0.15) is 0 Å². The van der Waals surface area contributed by atoms with Gasteiger partial charge in [-0.05, 0) is 31.6 Å². The molecule has 7 nitrogen and oxygen atoms in total. The summed E-state index contributed by atoms with van der Waals surface area (Å²) in [4.78, 5) is 13.4. The fraction of sp³-hybridized carbons (Fsp3) is 0.923. The van der Waals surface area contributed by atoms with E-state index in [0.717, 1.165) is 12.8 Å². The summed E-state index contributed by atoms with van der Waals surface area (Å²) in [5, 5.41) is 9.66. The first-order valence-electron chi connectivity index (χ1n) is 7.22. The quantitative estimate of drug-likeness (QED) is 0.692. The van der Waals surface area contributed by atoms with Gasteiger partial charge in [0, 0.05) is 19.6 Å². The van der Waals surface area contributed by atoms with Crippen molar-refractivity contribution in [3.8, 4) is 0 Å². The van der Waals surface area contributed by atoms with Gasteiger partial charge >= 0.3 is 0 Å². The van der Waals surface area contributed by atoms with E-state index in [0.29, 0.717) is 26.1 Å². The molecule has 2 aliphatic heterocycles. The van der Waals surface area contributed by atoms with Crippen molar-refractivity contribution in [2.75, 3.05) is 39.0 Å². The zero-order valence-corrected chi connectivity index (χ0v) is 13.5. The molecule has 21 heavy (non-hydrogen) atoms. The number of piperidine rings is 1. The monoisotopic (exact) mass is 319 g/mol. The molecule has 8 heteroatoms. The lowest BCUT2D eigenvalue weighted by Crippen LogP contribution is -2.47. The topological polar surface area (TPSA) is 104 Å². The van der Waals surface area contributed by atoms with E-state index in [1.165, 1.54) is 10.6 Å². The van der Waals surface area contributed by atoms with Crippen molar-refractivity contribution in [3.63, 3.8) is 0 Å². The van der Waals surface area contributed by atoms with Crippen LogP contribution in [-0.4, -0.2) is 73.2 Å². The molecule has 2 aliphatic rings. The smallest absolute Gasteiger partial charge is 0.236 e. The predicted molar refractivity (Wildman–Crippen MR) is 79.0 cm³/mol. The Morgan fingerprint density at radius 2 is 1.90 bits per heavy atom. The van der Waals surface area contributed by atoms with Crippen LogP contribution >= 0.6 is 0 Å². The molecule has 0 unspecified atom stereocenters. The molecule has 0 bridgehead atoms. The minimum Gasteiger partial charge on any atom is -0.394 e. The molecule has 2 rings (SSSR count). The molecular formula is C13H25N3O4S. The van der Waals surface area contributed by atoms with Crippen molar-refractivity contribution >= 4 is 15.9 Å². The van der Waals surface area contributed by atoms with Gasteiger partial charge in [-0.3, -0.25) is 4.79 Å². The highest BCUT2D eigenvalue weighted by atomic mass is 32.2. The number of aliphatic hydroxyl groups is 1. The maximum Gasteiger partial charge on any atom is 0.236 e. The number of carbonyl (C=O) groups is 1. The van der Waals surface area contributed by atoms with Gasteiger partial charge in [0.15, 0.2) is 0 Å². The normalized spacial score (nSPS) is 30.0. The van der Waals surface area contributed by atoms with Crippen molar-refractivity contribution in [1.82, 2.24) is 9.21 Å². The van der Waals surface area contributed by atoms with Gasteiger partial charge in [-0.2, -0.15) is 4.31 Å². The first-order valence-corrected chi connectivity index (χ1v) is 9.07. The van der Waals surface area contributed by atoms with Gasteiger partial charge in [-0.1, -0.05) is 0 Å². The molecule has 1 amide bonds. The van der Waals surface area contributed by atoms with Crippen LogP contribution in [0.3, 0.4) is 0 Å². The summed E-state index contributed by atoms with van der Waals surface area (Å²) >= 11 is 0. The number of carbonyl (C=O) groups excluding carboxylic acids is 1. The molecular weight excluding hydrogens is 294 g/mol. The minimum absolute atomic E-state index is 0.0107. The van der Waals surface area contributed by atoms with Crippen LogP contribution in [0, 0.1) is 5.41 Å². The highest BCUT2D eigenvalue weighted by molar-refractivity contribution is 7.88. The third-order valence-electron chi connectivity index (χ3n) is 4.93. The summed E-state index contributed by atoms with van der Waals surface area (Å²) in [6.07, 6.45) is 3.32. The first-order chi connectivity index (χ1) is 9.66. The number of nitrogens with two attached hydrogens (primary N) is 1. The van der Waals surface area contributed by atoms with Crippen molar-refractivity contribution < 1.29 is 18.3 Å². The molecule has 2 saturated heterocycles. The van der Waals surface area contributed by atoms with Crippen LogP contribution in [0.1, 0.15) is 26.2 Å². The molecule has 1 atom stereocenters. The third-order valence-corrected chi connectivity index (χ3v) is 6.30. The molecule has 2 heterocycles. The summed E-state index contributed by atoms with van der Waals surface area (Å²) < 4.78 is 25.4. The number of rotatable bonds is 3. The Morgan fingerprint density at radius 1 is 1.33 bits per heavy atom. The molecule has 122 valence electrons. The van der Waals surface area contributed by atoms with E-state index in [-0.39, 0.29) is 24.5 Å². The lowest BCUT2D eigenvalue weighted by molar-refractivity contribution is -0.131. The Kier molecular flexibility index (Phi) is 4.36. The SMILES string of the molecule is C[C@]1(CO)CC2(CCN(C(=O)CN)CC2)CN1S(C)(=O)=O. The molecule has 1 spiro atoms. The van der Waals surface area contributed by atoms with Crippen molar-refractivity contribution in [1.29, 1.82) is 0 Å². The molecule has 3 N–H and O–H groups in total. The molecule has 0 aliphatic carbocycles. The molecule has 0 aromatic carbocycles. The second-order valence-corrected chi connectivity index (χ2v) is 8.59. The van der Waals surface area contributed by atoms with Crippen LogP contribution in [0.25, 0.3) is 0 Å². The second-order valence-electron chi connectivity index (χ2n) is 6.69. The first kappa shape index (κ1) is 16.7. The van der Waals surface area contributed by atoms with Gasteiger partial charge in [0.25, 0.3) is 0 Å². The fourth-order valence-electron chi connectivity index (χ4n) is 3.79. The molecule has 2 fully saturated rings. The van der Waals surface area contributed by atoms with Crippen LogP contribution in [0.15, 0.2) is 0 Å². The van der Waals surface area contributed by atoms with Gasteiger partial charge in [-0.15, -0.1) is 0 Å². The molecule has 0 aromatic heterocycles. The number of likely N-dealkylation sites (tertiary alicyclic amines) is 1. The zero-order chi connectivity index (χ0) is 15.9. The fourth-order valence-corrected chi connectivity index (χ4v) is 5.23. The Morgan fingerprint density at radius 3 is 2.29 bits per heavy atom. The van der Waals surface area contributed by atoms with E-state index in [2.05, 4.69) is 0 Å². The highest BCUT2D eigenvalue weighted by Gasteiger charge is 2.54. The van der Waals surface area contributed by atoms with Crippen LogP contribution in [0.2, 0.25) is 0 Å². The second kappa shape index (κ2) is 5.49. The van der Waals surface area contributed by atoms with E-state index in [1.54, 1.807) is 11.8 Å². The Balaban J connectivity index is 2.15. The Hall–Kier alpha value is -0.700. The van der Waals surface area contributed by atoms with Crippen LogP contribution in [0.5, 0.6) is 0 Å². The van der Waals surface area contributed by atoms with Gasteiger partial charge in [-0.25, -0.2) is 8.42 Å². The number of aliphatic hydroxyl groups excluding tert-OH is 1. The summed E-state index contributed by atoms with van der Waals surface area (Å²) in [5.41, 5.74) is 4.49. The standard InChI is InChI=1S/C13H25N3O4S/c1-12(10-17)8-13(9-16(12)21(2,19)20)3-5-15(6-4-13)11(18)7-14/h17H,3-10,14H2,1-2H3/t12-/m1/s1. The number of hydrogen-bond acceptors (Lipinski definition) is 5. The minimum atomic E-state index is -3.36. The summed E-state index contributed by atoms with van der Waals surface area (Å²) in [5.74, 6) is -0.0623. The van der Waals surface area contributed by atoms with Crippen LogP contribution < -0.4 is 5.73 Å². The van der Waals surface area contributed by atoms with Gasteiger partial charge in [0.05, 0.1) is 24.9 Å². The lowest BCUT2D eigenvalue weighted by Gasteiger charge is -2.39. The lowest BCUT2D eigenvalue weighted by atomic mass is 9.74. The summed E-state index contributed by atoms with van der Waals surface area (Å²) in [6, 6.07) is 0. The number of hydrogen-bond donors (Lipinski definition) is 2. The van der Waals surface area contributed by atoms with E-state index in [4.69, 9.17) is 5.73 Å². The van der Waals surface area contributed by atoms with E-state index in [9.17, 15) is 18.3 Å². The van der Waals surface area contributed by atoms with Crippen molar-refractivity contribution in [3.05, 3.63) is 0 Å². The predicted octanol–water partition coefficient (Wildman–Crippen LogP) is -1.03.